The van der Waals surface area contributed by atoms with E-state index in [2.05, 4.69) is 25.7 Å². The van der Waals surface area contributed by atoms with Gasteiger partial charge in [0.25, 0.3) is 11.5 Å². The van der Waals surface area contributed by atoms with E-state index >= 15 is 0 Å². The minimum atomic E-state index is -3.05. The highest BCUT2D eigenvalue weighted by Crippen LogP contribution is 2.40. The molecule has 4 N–H and O–H groups in total. The van der Waals surface area contributed by atoms with Crippen molar-refractivity contribution in [2.45, 2.75) is 44.1 Å². The van der Waals surface area contributed by atoms with E-state index in [1.165, 1.54) is 0 Å². The summed E-state index contributed by atoms with van der Waals surface area (Å²) in [6, 6.07) is 3.66. The van der Waals surface area contributed by atoms with Gasteiger partial charge in [0.1, 0.15) is 5.69 Å². The molecule has 1 aliphatic heterocycles. The van der Waals surface area contributed by atoms with Crippen LogP contribution in [0.1, 0.15) is 37.8 Å². The molecule has 1 amide bonds. The zero-order chi connectivity index (χ0) is 22.9. The van der Waals surface area contributed by atoms with Crippen molar-refractivity contribution in [2.75, 3.05) is 30.7 Å². The highest BCUT2D eigenvalue weighted by atomic mass is 19.3. The van der Waals surface area contributed by atoms with Crippen molar-refractivity contribution in [2.24, 2.45) is 5.92 Å². The number of piperidine rings is 1. The summed E-state index contributed by atoms with van der Waals surface area (Å²) >= 11 is 0. The molecule has 0 aromatic carbocycles. The second kappa shape index (κ2) is 8.77. The fraction of sp³-hybridized carbons (Fsp3) is 0.550. The Bertz CT molecular complexity index is 1030. The van der Waals surface area contributed by atoms with Crippen molar-refractivity contribution in [3.05, 3.63) is 34.2 Å². The Balaban J connectivity index is 1.39. The van der Waals surface area contributed by atoms with Crippen LogP contribution in [0.25, 0.3) is 0 Å². The van der Waals surface area contributed by atoms with Crippen molar-refractivity contribution < 1.29 is 18.3 Å². The molecule has 0 spiro atoms. The lowest BCUT2D eigenvalue weighted by Gasteiger charge is -2.40. The number of nitrogens with zero attached hydrogens (tertiary/aromatic N) is 4. The average Bonchev–Trinajstić information content (AvgIpc) is 3.59. The molecule has 12 heteroatoms. The third kappa shape index (κ3) is 5.01. The molecule has 0 bridgehead atoms. The summed E-state index contributed by atoms with van der Waals surface area (Å²) in [5.41, 5.74) is 4.73. The predicted octanol–water partition coefficient (Wildman–Crippen LogP) is 1.38. The number of likely N-dealkylation sites (tertiary alicyclic amines) is 1. The molecular weight excluding hydrogens is 424 g/mol. The van der Waals surface area contributed by atoms with Gasteiger partial charge >= 0.3 is 0 Å². The van der Waals surface area contributed by atoms with Crippen LogP contribution in [0.4, 0.5) is 20.3 Å². The first-order chi connectivity index (χ1) is 15.2. The fourth-order valence-electron chi connectivity index (χ4n) is 3.55. The van der Waals surface area contributed by atoms with Crippen LogP contribution >= 0.6 is 0 Å². The van der Waals surface area contributed by atoms with Crippen LogP contribution in [0.3, 0.4) is 0 Å². The maximum absolute atomic E-state index is 14.6. The minimum Gasteiger partial charge on any atom is -0.476 e. The number of aromatic amines is 1. The van der Waals surface area contributed by atoms with Crippen LogP contribution in [-0.4, -0.2) is 62.9 Å². The zero-order valence-corrected chi connectivity index (χ0v) is 17.6. The van der Waals surface area contributed by atoms with Crippen molar-refractivity contribution in [3.8, 4) is 5.88 Å². The second-order valence-electron chi connectivity index (χ2n) is 8.31. The molecule has 0 radical (unpaired) electrons. The Morgan fingerprint density at radius 2 is 2.19 bits per heavy atom. The maximum Gasteiger partial charge on any atom is 0.287 e. The van der Waals surface area contributed by atoms with Crippen LogP contribution in [0, 0.1) is 5.92 Å². The lowest BCUT2D eigenvalue weighted by atomic mass is 9.89. The average molecular weight is 449 g/mol. The molecule has 1 saturated heterocycles. The minimum absolute atomic E-state index is 0.0166. The van der Waals surface area contributed by atoms with Gasteiger partial charge in [-0.15, -0.1) is 10.2 Å². The number of alkyl halides is 2. The molecule has 2 atom stereocenters. The number of carbonyl (C=O) groups excluding carboxylic acids is 1. The number of nitrogens with one attached hydrogen (secondary N) is 2. The SMILES string of the molecule is CC(C(=O)Nc1ccc(OCC2CC2)nn1)N1CCC(F)(F)C(c2cc(N)c(=O)[nH]n2)C1. The topological polar surface area (TPSA) is 139 Å². The third-order valence-corrected chi connectivity index (χ3v) is 5.85. The first-order valence-electron chi connectivity index (χ1n) is 10.5. The molecule has 2 aromatic rings. The maximum atomic E-state index is 14.6. The van der Waals surface area contributed by atoms with Crippen LogP contribution in [-0.2, 0) is 4.79 Å². The van der Waals surface area contributed by atoms with Gasteiger partial charge in [-0.1, -0.05) is 0 Å². The number of ether oxygens (including phenoxy) is 1. The van der Waals surface area contributed by atoms with Gasteiger partial charge in [0.15, 0.2) is 5.82 Å². The number of amides is 1. The molecule has 172 valence electrons. The summed E-state index contributed by atoms with van der Waals surface area (Å²) in [7, 11) is 0. The van der Waals surface area contributed by atoms with Crippen molar-refractivity contribution in [1.82, 2.24) is 25.3 Å². The van der Waals surface area contributed by atoms with Crippen molar-refractivity contribution >= 4 is 17.4 Å². The number of nitrogens with two attached hydrogens (primary N) is 1. The molecule has 2 aromatic heterocycles. The molecule has 32 heavy (non-hydrogen) atoms. The van der Waals surface area contributed by atoms with Crippen LogP contribution < -0.4 is 21.3 Å². The van der Waals surface area contributed by atoms with Crippen LogP contribution in [0.2, 0.25) is 0 Å². The van der Waals surface area contributed by atoms with E-state index < -0.39 is 35.8 Å². The summed E-state index contributed by atoms with van der Waals surface area (Å²) < 4.78 is 34.7. The molecule has 1 saturated carbocycles. The number of H-pyrrole nitrogens is 1. The van der Waals surface area contributed by atoms with E-state index in [-0.39, 0.29) is 30.3 Å². The van der Waals surface area contributed by atoms with Crippen LogP contribution in [0.15, 0.2) is 23.0 Å². The van der Waals surface area contributed by atoms with E-state index in [0.29, 0.717) is 18.4 Å². The van der Waals surface area contributed by atoms with Gasteiger partial charge < -0.3 is 15.8 Å². The highest BCUT2D eigenvalue weighted by molar-refractivity contribution is 5.93. The lowest BCUT2D eigenvalue weighted by Crippen LogP contribution is -2.52. The van der Waals surface area contributed by atoms with Crippen molar-refractivity contribution in [3.63, 3.8) is 0 Å². The van der Waals surface area contributed by atoms with Gasteiger partial charge in [-0.3, -0.25) is 14.5 Å². The summed E-state index contributed by atoms with van der Waals surface area (Å²) in [5, 5.41) is 16.4. The van der Waals surface area contributed by atoms with E-state index in [1.807, 2.05) is 0 Å². The Morgan fingerprint density at radius 3 is 2.84 bits per heavy atom. The Hall–Kier alpha value is -3.15. The monoisotopic (exact) mass is 449 g/mol. The molecular formula is C20H25F2N7O3. The molecule has 4 rings (SSSR count). The third-order valence-electron chi connectivity index (χ3n) is 5.85. The number of hydrogen-bond donors (Lipinski definition) is 3. The van der Waals surface area contributed by atoms with E-state index in [1.54, 1.807) is 24.0 Å². The second-order valence-corrected chi connectivity index (χ2v) is 8.31. The Morgan fingerprint density at radius 1 is 1.41 bits per heavy atom. The van der Waals surface area contributed by atoms with E-state index in [4.69, 9.17) is 10.5 Å². The predicted molar refractivity (Wildman–Crippen MR) is 111 cm³/mol. The number of nitrogen functional groups attached to an aromatic ring is 1. The molecule has 2 unspecified atom stereocenters. The molecule has 1 aliphatic carbocycles. The molecule has 3 heterocycles. The largest absolute Gasteiger partial charge is 0.476 e. The summed E-state index contributed by atoms with van der Waals surface area (Å²) in [6.45, 7) is 2.13. The van der Waals surface area contributed by atoms with Crippen molar-refractivity contribution in [1.29, 1.82) is 0 Å². The number of rotatable bonds is 7. The van der Waals surface area contributed by atoms with Gasteiger partial charge in [0.05, 0.1) is 24.3 Å². The number of hydrogen-bond acceptors (Lipinski definition) is 8. The van der Waals surface area contributed by atoms with E-state index in [0.717, 1.165) is 18.9 Å². The number of aromatic nitrogens is 4. The standard InChI is InChI=1S/C20H25F2N7O3/c1-11(18(30)24-16-4-5-17(27-26-16)32-10-12-2-3-12)29-7-6-20(21,22)13(9-29)15-8-14(23)19(31)28-25-15/h4-5,8,11-13H,2-3,6-7,9-10H2,1H3,(H2,23,25)(H,28,31)(H,24,26,30). The normalized spacial score (nSPS) is 21.7. The van der Waals surface area contributed by atoms with Gasteiger partial charge in [0.2, 0.25) is 11.8 Å². The van der Waals surface area contributed by atoms with Crippen LogP contribution in [0.5, 0.6) is 5.88 Å². The summed E-state index contributed by atoms with van der Waals surface area (Å²) in [4.78, 5) is 25.8. The smallest absolute Gasteiger partial charge is 0.287 e. The summed E-state index contributed by atoms with van der Waals surface area (Å²) in [5.74, 6) is -3.55. The number of carbonyl (C=O) groups is 1. The number of halogens is 2. The van der Waals surface area contributed by atoms with Gasteiger partial charge in [-0.2, -0.15) is 5.10 Å². The lowest BCUT2D eigenvalue weighted by molar-refractivity contribution is -0.125. The van der Waals surface area contributed by atoms with Gasteiger partial charge in [0, 0.05) is 25.6 Å². The quantitative estimate of drug-likeness (QED) is 0.576. The first-order valence-corrected chi connectivity index (χ1v) is 10.5. The molecule has 2 aliphatic rings. The highest BCUT2D eigenvalue weighted by Gasteiger charge is 2.47. The number of anilines is 2. The van der Waals surface area contributed by atoms with E-state index in [9.17, 15) is 18.4 Å². The molecule has 2 fully saturated rings. The Labute approximate surface area is 182 Å². The Kier molecular flexibility index (Phi) is 6.04. The van der Waals surface area contributed by atoms with Gasteiger partial charge in [-0.25, -0.2) is 13.9 Å². The van der Waals surface area contributed by atoms with Gasteiger partial charge in [-0.05, 0) is 37.8 Å². The first kappa shape index (κ1) is 22.1. The fourth-order valence-corrected chi connectivity index (χ4v) is 3.55. The summed E-state index contributed by atoms with van der Waals surface area (Å²) in [6.07, 6.45) is 1.87. The molecule has 10 nitrogen and oxygen atoms in total. The zero-order valence-electron chi connectivity index (χ0n) is 17.6.